The minimum atomic E-state index is -5.54. The predicted octanol–water partition coefficient (Wildman–Crippen LogP) is 1.26. The Morgan fingerprint density at radius 2 is 1.76 bits per heavy atom. The van der Waals surface area contributed by atoms with Gasteiger partial charge in [0.15, 0.2) is 5.11 Å². The highest BCUT2D eigenvalue weighted by molar-refractivity contribution is 7.80. The molecule has 4 rings (SSSR count). The molecule has 14 N–H and O–H groups in total. The Hall–Kier alpha value is -3.77. The highest BCUT2D eigenvalue weighted by Crippen LogP contribution is 2.72. The molecule has 0 spiro atoms. The number of nitrogens with two attached hydrogens (primary N) is 2. The second-order valence-electron chi connectivity index (χ2n) is 11.0. The Bertz CT molecular complexity index is 1730. The number of nitrogens with zero attached hydrogens (tertiary/aromatic N) is 1. The van der Waals surface area contributed by atoms with Crippen molar-refractivity contribution in [3.05, 3.63) is 95.6 Å². The van der Waals surface area contributed by atoms with Crippen LogP contribution in [0.4, 0.5) is 20.6 Å². The summed E-state index contributed by atoms with van der Waals surface area (Å²) in [4.78, 5) is 61.0. The summed E-state index contributed by atoms with van der Waals surface area (Å²) in [5.74, 6) is 4.84. The van der Waals surface area contributed by atoms with Gasteiger partial charge in [-0.1, -0.05) is 36.4 Å². The molecule has 1 fully saturated rings. The lowest BCUT2D eigenvalue weighted by Crippen LogP contribution is -2.37. The second kappa shape index (κ2) is 15.8. The number of nitrogens with one attached hydrogen (secondary N) is 4. The number of anilines is 2. The lowest BCUT2D eigenvalue weighted by Gasteiger charge is -2.27. The summed E-state index contributed by atoms with van der Waals surface area (Å²) in [7, 11) is -10.9. The van der Waals surface area contributed by atoms with Crippen LogP contribution in [0.3, 0.4) is 0 Å². The van der Waals surface area contributed by atoms with E-state index in [-0.39, 0.29) is 23.8 Å². The van der Waals surface area contributed by atoms with Crippen molar-refractivity contribution < 1.29 is 48.1 Å². The van der Waals surface area contributed by atoms with E-state index in [0.717, 1.165) is 5.56 Å². The highest BCUT2D eigenvalue weighted by atomic mass is 32.1. The van der Waals surface area contributed by atoms with Gasteiger partial charge in [0.25, 0.3) is 0 Å². The first kappa shape index (κ1) is 38.0. The van der Waals surface area contributed by atoms with E-state index in [0.29, 0.717) is 41.3 Å². The average molecular weight is 741 g/mol. The lowest BCUT2D eigenvalue weighted by molar-refractivity contribution is 0.117. The minimum Gasteiger partial charge on any atom is -0.442 e. The molecular formula is C29H37FN7O9P2S+. The van der Waals surface area contributed by atoms with Crippen LogP contribution in [0.15, 0.2) is 78.6 Å². The standard InChI is InChI=1S/C29H36FN7O9P2S/c30-26-11-23(9-10-25(26)20-5-1-19(2-6-20)14-33-15-22(13-31)36-32)37-17-24(46-28(37)38)16-34-27(49)35-21-7-3-18(4-8-21)12-29(39,47(40,41)42)48(43,44)45/h1-11,13,24,33,36,39-42H,12,14-17,31-32H2,(H3-,34,35,43,44,45,49)/p+1/b22-13-/t24-,29?/m0/s1. The zero-order chi connectivity index (χ0) is 36.0. The Balaban J connectivity index is 1.28. The number of aliphatic hydroxyl groups is 1. The van der Waals surface area contributed by atoms with Crippen LogP contribution < -0.4 is 37.9 Å². The van der Waals surface area contributed by atoms with Crippen molar-refractivity contribution in [1.29, 1.82) is 0 Å². The summed E-state index contributed by atoms with van der Waals surface area (Å²) in [5.41, 5.74) is 11.4. The van der Waals surface area contributed by atoms with Gasteiger partial charge in [-0.05, 0) is 59.2 Å². The number of carbonyl (C=O) groups excluding carboxylic acids is 1. The molecule has 264 valence electrons. The molecular weight excluding hydrogens is 703 g/mol. The van der Waals surface area contributed by atoms with Gasteiger partial charge in [-0.2, -0.15) is 14.7 Å². The van der Waals surface area contributed by atoms with Gasteiger partial charge in [0.1, 0.15) is 11.9 Å². The van der Waals surface area contributed by atoms with E-state index in [9.17, 15) is 38.9 Å². The highest BCUT2D eigenvalue weighted by Gasteiger charge is 2.69. The summed E-state index contributed by atoms with van der Waals surface area (Å²) in [6.45, 7) is 1.24. The first-order chi connectivity index (χ1) is 23.0. The van der Waals surface area contributed by atoms with Crippen LogP contribution in [0.5, 0.6) is 0 Å². The quantitative estimate of drug-likeness (QED) is 0.0480. The van der Waals surface area contributed by atoms with Crippen molar-refractivity contribution in [3.8, 4) is 11.1 Å². The molecule has 0 bridgehead atoms. The van der Waals surface area contributed by atoms with Gasteiger partial charge in [0, 0.05) is 30.5 Å². The molecule has 2 atom stereocenters. The fourth-order valence-corrected chi connectivity index (χ4v) is 7.17. The van der Waals surface area contributed by atoms with Crippen molar-refractivity contribution in [2.24, 2.45) is 11.6 Å². The van der Waals surface area contributed by atoms with E-state index >= 15 is 4.39 Å². The van der Waals surface area contributed by atoms with Gasteiger partial charge in [-0.3, -0.25) is 15.3 Å². The van der Waals surface area contributed by atoms with Crippen LogP contribution in [0.1, 0.15) is 11.1 Å². The van der Waals surface area contributed by atoms with Gasteiger partial charge in [0.2, 0.25) is 0 Å². The summed E-state index contributed by atoms with van der Waals surface area (Å²) < 4.78 is 32.3. The third kappa shape index (κ3) is 9.48. The molecule has 0 radical (unpaired) electrons. The molecule has 0 saturated carbocycles. The molecule has 3 aromatic rings. The SMILES string of the molecule is N/C=C(/CNCc1ccc(-c2ccc(N3C[C@H](CNC(=S)Nc4ccc(CC(O)(P(=O)(O)O)[P+](O)(O)O)cc4)OC3=O)cc2F)cc1)NN. The van der Waals surface area contributed by atoms with E-state index in [4.69, 9.17) is 28.5 Å². The summed E-state index contributed by atoms with van der Waals surface area (Å²) >= 11 is 5.29. The van der Waals surface area contributed by atoms with E-state index in [1.807, 2.05) is 12.1 Å². The van der Waals surface area contributed by atoms with Crippen molar-refractivity contribution in [2.75, 3.05) is 29.9 Å². The third-order valence-corrected chi connectivity index (χ3v) is 11.6. The largest absolute Gasteiger partial charge is 0.451 e. The Kier molecular flexibility index (Phi) is 12.3. The molecule has 20 heteroatoms. The number of hydrogen-bond donors (Lipinski definition) is 12. The number of benzene rings is 3. The molecule has 49 heavy (non-hydrogen) atoms. The Labute approximate surface area is 286 Å². The molecule has 1 aliphatic heterocycles. The maximum Gasteiger partial charge on any atom is 0.451 e. The molecule has 1 aliphatic rings. The summed E-state index contributed by atoms with van der Waals surface area (Å²) in [5, 5.41) is 15.8. The lowest BCUT2D eigenvalue weighted by atomic mass is 10.0. The number of thiocarbonyl (C=S) groups is 1. The number of amides is 1. The van der Waals surface area contributed by atoms with Gasteiger partial charge in [-0.15, -0.1) is 0 Å². The predicted molar refractivity (Wildman–Crippen MR) is 186 cm³/mol. The van der Waals surface area contributed by atoms with Crippen LogP contribution >= 0.6 is 27.8 Å². The van der Waals surface area contributed by atoms with Crippen LogP contribution in [-0.4, -0.2) is 71.6 Å². The zero-order valence-corrected chi connectivity index (χ0v) is 28.3. The molecule has 0 aliphatic carbocycles. The number of rotatable bonds is 14. The minimum absolute atomic E-state index is 0.0810. The summed E-state index contributed by atoms with van der Waals surface area (Å²) in [6, 6.07) is 17.4. The van der Waals surface area contributed by atoms with Gasteiger partial charge >= 0.3 is 26.7 Å². The van der Waals surface area contributed by atoms with Crippen molar-refractivity contribution in [1.82, 2.24) is 16.1 Å². The van der Waals surface area contributed by atoms with Crippen LogP contribution in [0.25, 0.3) is 11.1 Å². The first-order valence-corrected chi connectivity index (χ1v) is 18.2. The number of carbonyl (C=O) groups is 1. The topological polar surface area (TPSA) is 268 Å². The van der Waals surface area contributed by atoms with Gasteiger partial charge in [0.05, 0.1) is 30.9 Å². The molecule has 3 aromatic carbocycles. The molecule has 1 amide bonds. The number of hydrogen-bond acceptors (Lipinski definition) is 12. The smallest absolute Gasteiger partial charge is 0.442 e. The maximum absolute atomic E-state index is 15.2. The Morgan fingerprint density at radius 3 is 2.33 bits per heavy atom. The number of halogens is 1. The third-order valence-electron chi connectivity index (χ3n) is 7.52. The van der Waals surface area contributed by atoms with Gasteiger partial charge < -0.3 is 46.7 Å². The maximum atomic E-state index is 15.2. The van der Waals surface area contributed by atoms with Crippen molar-refractivity contribution >= 4 is 50.3 Å². The number of cyclic esters (lactones) is 1. The normalized spacial score (nSPS) is 16.6. The zero-order valence-electron chi connectivity index (χ0n) is 25.7. The molecule has 1 saturated heterocycles. The number of ether oxygens (including phenoxy) is 1. The van der Waals surface area contributed by atoms with Crippen molar-refractivity contribution in [3.63, 3.8) is 0 Å². The van der Waals surface area contributed by atoms with E-state index < -0.39 is 45.1 Å². The monoisotopic (exact) mass is 740 g/mol. The fourth-order valence-electron chi connectivity index (χ4n) is 4.79. The van der Waals surface area contributed by atoms with E-state index in [1.165, 1.54) is 41.4 Å². The molecule has 1 unspecified atom stereocenters. The van der Waals surface area contributed by atoms with Gasteiger partial charge in [-0.25, -0.2) is 9.18 Å². The Morgan fingerprint density at radius 1 is 1.10 bits per heavy atom. The first-order valence-electron chi connectivity index (χ1n) is 14.5. The van der Waals surface area contributed by atoms with E-state index in [2.05, 4.69) is 21.4 Å². The molecule has 16 nitrogen and oxygen atoms in total. The van der Waals surface area contributed by atoms with E-state index in [1.54, 1.807) is 24.3 Å². The average Bonchev–Trinajstić information content (AvgIpc) is 3.42. The number of hydrazine groups is 1. The van der Waals surface area contributed by atoms with Crippen molar-refractivity contribution in [2.45, 2.75) is 24.2 Å². The summed E-state index contributed by atoms with van der Waals surface area (Å²) in [6.07, 6.45) is -0.849. The fraction of sp³-hybridized carbons (Fsp3) is 0.241. The molecule has 0 aromatic heterocycles. The molecule has 1 heterocycles. The van der Waals surface area contributed by atoms with Crippen LogP contribution in [0, 0.1) is 5.82 Å². The van der Waals surface area contributed by atoms with Crippen LogP contribution in [0.2, 0.25) is 0 Å². The van der Waals surface area contributed by atoms with Crippen LogP contribution in [-0.2, 0) is 22.3 Å². The second-order valence-corrected chi connectivity index (χ2v) is 15.5.